The van der Waals surface area contributed by atoms with Gasteiger partial charge in [0.1, 0.15) is 11.5 Å². The second kappa shape index (κ2) is 5.93. The van der Waals surface area contributed by atoms with Crippen molar-refractivity contribution < 1.29 is 4.74 Å². The summed E-state index contributed by atoms with van der Waals surface area (Å²) in [6, 6.07) is 22.6. The van der Waals surface area contributed by atoms with E-state index in [-0.39, 0.29) is 0 Å². The van der Waals surface area contributed by atoms with Crippen LogP contribution in [-0.4, -0.2) is 0 Å². The van der Waals surface area contributed by atoms with Crippen LogP contribution in [0.5, 0.6) is 11.5 Å². The van der Waals surface area contributed by atoms with E-state index in [1.54, 1.807) is 0 Å². The van der Waals surface area contributed by atoms with Crippen LogP contribution in [0.3, 0.4) is 0 Å². The summed E-state index contributed by atoms with van der Waals surface area (Å²) < 4.78 is 5.79. The lowest BCUT2D eigenvalue weighted by Crippen LogP contribution is -1.86. The first-order chi connectivity index (χ1) is 9.79. The molecule has 0 saturated heterocycles. The number of aryl methyl sites for hydroxylation is 1. The molecule has 1 aromatic heterocycles. The quantitative estimate of drug-likeness (QED) is 0.618. The van der Waals surface area contributed by atoms with Crippen LogP contribution in [0.4, 0.5) is 0 Å². The first-order valence-electron chi connectivity index (χ1n) is 6.67. The van der Waals surface area contributed by atoms with Gasteiger partial charge in [-0.15, -0.1) is 11.3 Å². The highest BCUT2D eigenvalue weighted by atomic mass is 32.1. The first kappa shape index (κ1) is 12.9. The smallest absolute Gasteiger partial charge is 0.127 e. The highest BCUT2D eigenvalue weighted by Crippen LogP contribution is 2.23. The van der Waals surface area contributed by atoms with Gasteiger partial charge in [-0.25, -0.2) is 0 Å². The maximum absolute atomic E-state index is 5.79. The molecule has 0 aliphatic heterocycles. The Bertz CT molecular complexity index is 668. The zero-order valence-corrected chi connectivity index (χ0v) is 12.2. The first-order valence-corrected chi connectivity index (χ1v) is 7.48. The molecular weight excluding hydrogens is 264 g/mol. The molecule has 1 nitrogen and oxygen atoms in total. The monoisotopic (exact) mass is 280 g/mol. The van der Waals surface area contributed by atoms with Crippen molar-refractivity contribution >= 4 is 11.3 Å². The minimum absolute atomic E-state index is 0.870. The Hall–Kier alpha value is -2.06. The van der Waals surface area contributed by atoms with E-state index in [1.165, 1.54) is 15.3 Å². The molecular formula is C18H16OS. The molecule has 0 aliphatic carbocycles. The van der Waals surface area contributed by atoms with Crippen LogP contribution in [0.2, 0.25) is 0 Å². The average molecular weight is 280 g/mol. The highest BCUT2D eigenvalue weighted by molar-refractivity contribution is 7.11. The number of rotatable bonds is 4. The Kier molecular flexibility index (Phi) is 3.84. The molecule has 100 valence electrons. The minimum atomic E-state index is 0.870. The summed E-state index contributed by atoms with van der Waals surface area (Å²) in [5.41, 5.74) is 1.31. The predicted octanol–water partition coefficient (Wildman–Crippen LogP) is 5.44. The van der Waals surface area contributed by atoms with Crippen molar-refractivity contribution in [3.8, 4) is 11.5 Å². The number of thiophene rings is 1. The fourth-order valence-electron chi connectivity index (χ4n) is 2.08. The lowest BCUT2D eigenvalue weighted by molar-refractivity contribution is 0.482. The maximum atomic E-state index is 5.79. The Balaban J connectivity index is 1.68. The van der Waals surface area contributed by atoms with Crippen LogP contribution >= 0.6 is 11.3 Å². The van der Waals surface area contributed by atoms with Crippen molar-refractivity contribution in [1.82, 2.24) is 0 Å². The van der Waals surface area contributed by atoms with Gasteiger partial charge in [-0.2, -0.15) is 0 Å². The van der Waals surface area contributed by atoms with E-state index in [0.29, 0.717) is 0 Å². The van der Waals surface area contributed by atoms with E-state index in [9.17, 15) is 0 Å². The number of ether oxygens (including phenoxy) is 1. The van der Waals surface area contributed by atoms with Gasteiger partial charge < -0.3 is 4.74 Å². The van der Waals surface area contributed by atoms with Gasteiger partial charge in [0.05, 0.1) is 0 Å². The van der Waals surface area contributed by atoms with E-state index in [1.807, 2.05) is 53.8 Å². The Labute approximate surface area is 123 Å². The summed E-state index contributed by atoms with van der Waals surface area (Å²) in [7, 11) is 0. The van der Waals surface area contributed by atoms with Crippen molar-refractivity contribution in [2.45, 2.75) is 13.3 Å². The van der Waals surface area contributed by atoms with Gasteiger partial charge >= 0.3 is 0 Å². The molecule has 0 spiro atoms. The number of benzene rings is 2. The van der Waals surface area contributed by atoms with Crippen LogP contribution < -0.4 is 4.74 Å². The molecule has 0 amide bonds. The van der Waals surface area contributed by atoms with Gasteiger partial charge in [0.2, 0.25) is 0 Å². The highest BCUT2D eigenvalue weighted by Gasteiger charge is 2.01. The Morgan fingerprint density at radius 1 is 0.800 bits per heavy atom. The molecule has 0 aliphatic rings. The molecule has 0 atom stereocenters. The molecule has 20 heavy (non-hydrogen) atoms. The standard InChI is InChI=1S/C18H16OS/c1-14-7-12-18(20-14)13-15-8-10-17(11-9-15)19-16-5-3-2-4-6-16/h2-12H,13H2,1H3. The normalized spacial score (nSPS) is 10.4. The van der Waals surface area contributed by atoms with Gasteiger partial charge in [0.25, 0.3) is 0 Å². The van der Waals surface area contributed by atoms with Crippen molar-refractivity contribution in [2.75, 3.05) is 0 Å². The molecule has 2 heteroatoms. The van der Waals surface area contributed by atoms with Crippen molar-refractivity contribution in [3.05, 3.63) is 82.0 Å². The van der Waals surface area contributed by atoms with E-state index in [2.05, 4.69) is 31.2 Å². The van der Waals surface area contributed by atoms with Crippen molar-refractivity contribution in [3.63, 3.8) is 0 Å². The summed E-state index contributed by atoms with van der Waals surface area (Å²) in [5.74, 6) is 1.75. The summed E-state index contributed by atoms with van der Waals surface area (Å²) in [4.78, 5) is 2.77. The molecule has 0 unspecified atom stereocenters. The third-order valence-electron chi connectivity index (χ3n) is 3.08. The number of hydrogen-bond acceptors (Lipinski definition) is 2. The molecule has 0 radical (unpaired) electrons. The molecule has 0 N–H and O–H groups in total. The minimum Gasteiger partial charge on any atom is -0.457 e. The van der Waals surface area contributed by atoms with Crippen molar-refractivity contribution in [1.29, 1.82) is 0 Å². The lowest BCUT2D eigenvalue weighted by atomic mass is 10.1. The van der Waals surface area contributed by atoms with Gasteiger partial charge in [-0.3, -0.25) is 0 Å². The van der Waals surface area contributed by atoms with E-state index in [0.717, 1.165) is 17.9 Å². The Morgan fingerprint density at radius 2 is 1.50 bits per heavy atom. The SMILES string of the molecule is Cc1ccc(Cc2ccc(Oc3ccccc3)cc2)s1. The molecule has 0 bridgehead atoms. The molecule has 0 saturated carbocycles. The van der Waals surface area contributed by atoms with Crippen molar-refractivity contribution in [2.24, 2.45) is 0 Å². The maximum Gasteiger partial charge on any atom is 0.127 e. The molecule has 3 rings (SSSR count). The fourth-order valence-corrected chi connectivity index (χ4v) is 3.01. The average Bonchev–Trinajstić information content (AvgIpc) is 2.88. The summed E-state index contributed by atoms with van der Waals surface area (Å²) >= 11 is 1.86. The summed E-state index contributed by atoms with van der Waals surface area (Å²) in [6.07, 6.45) is 0.990. The molecule has 0 fully saturated rings. The molecule has 3 aromatic rings. The molecule has 1 heterocycles. The third kappa shape index (κ3) is 3.28. The van der Waals surface area contributed by atoms with Crippen LogP contribution in [0.25, 0.3) is 0 Å². The second-order valence-corrected chi connectivity index (χ2v) is 6.12. The van der Waals surface area contributed by atoms with Crippen LogP contribution in [0.15, 0.2) is 66.7 Å². The predicted molar refractivity (Wildman–Crippen MR) is 84.8 cm³/mol. The fraction of sp³-hybridized carbons (Fsp3) is 0.111. The lowest BCUT2D eigenvalue weighted by Gasteiger charge is -2.06. The van der Waals surface area contributed by atoms with E-state index in [4.69, 9.17) is 4.74 Å². The van der Waals surface area contributed by atoms with Gasteiger partial charge in [-0.05, 0) is 48.9 Å². The third-order valence-corrected chi connectivity index (χ3v) is 4.08. The summed E-state index contributed by atoms with van der Waals surface area (Å²) in [5, 5.41) is 0. The zero-order chi connectivity index (χ0) is 13.8. The van der Waals surface area contributed by atoms with Crippen LogP contribution in [0.1, 0.15) is 15.3 Å². The number of hydrogen-bond donors (Lipinski definition) is 0. The van der Waals surface area contributed by atoms with Crippen LogP contribution in [0, 0.1) is 6.92 Å². The number of para-hydroxylation sites is 1. The largest absolute Gasteiger partial charge is 0.457 e. The summed E-state index contributed by atoms with van der Waals surface area (Å²) in [6.45, 7) is 2.14. The Morgan fingerprint density at radius 3 is 2.15 bits per heavy atom. The van der Waals surface area contributed by atoms with Crippen LogP contribution in [-0.2, 0) is 6.42 Å². The zero-order valence-electron chi connectivity index (χ0n) is 11.4. The van der Waals surface area contributed by atoms with Gasteiger partial charge in [0, 0.05) is 16.2 Å². The van der Waals surface area contributed by atoms with E-state index < -0.39 is 0 Å². The molecule has 2 aromatic carbocycles. The topological polar surface area (TPSA) is 9.23 Å². The second-order valence-electron chi connectivity index (χ2n) is 4.75. The van der Waals surface area contributed by atoms with Gasteiger partial charge in [0.15, 0.2) is 0 Å². The van der Waals surface area contributed by atoms with E-state index >= 15 is 0 Å². The van der Waals surface area contributed by atoms with Gasteiger partial charge in [-0.1, -0.05) is 30.3 Å².